The third-order valence-electron chi connectivity index (χ3n) is 11.2. The van der Waals surface area contributed by atoms with Gasteiger partial charge in [0.05, 0.1) is 6.54 Å². The van der Waals surface area contributed by atoms with Crippen molar-refractivity contribution < 1.29 is 33.8 Å². The number of rotatable bonds is 17. The number of aromatic nitrogens is 4. The number of carbonyl (C=O) groups excluding carboxylic acids is 5. The van der Waals surface area contributed by atoms with Crippen LogP contribution in [-0.2, 0) is 38.6 Å². The fourth-order valence-corrected chi connectivity index (χ4v) is 7.60. The molecule has 18 nitrogen and oxygen atoms in total. The van der Waals surface area contributed by atoms with Gasteiger partial charge in [-0.1, -0.05) is 67.1 Å². The van der Waals surface area contributed by atoms with Crippen molar-refractivity contribution in [2.75, 3.05) is 26.7 Å². The van der Waals surface area contributed by atoms with Gasteiger partial charge < -0.3 is 47.5 Å². The Morgan fingerprint density at radius 1 is 0.908 bits per heavy atom. The fraction of sp³-hybridized carbons (Fsp3) is 0.362. The topological polar surface area (TPSA) is 273 Å². The number of amides is 5. The van der Waals surface area contributed by atoms with E-state index in [0.29, 0.717) is 34.4 Å². The number of unbranched alkanes of at least 4 members (excludes halogenated alkanes) is 1. The highest BCUT2D eigenvalue weighted by Gasteiger charge is 2.36. The van der Waals surface area contributed by atoms with E-state index in [1.54, 1.807) is 42.5 Å². The lowest BCUT2D eigenvalue weighted by molar-refractivity contribution is -0.141. The van der Waals surface area contributed by atoms with Crippen LogP contribution in [0.1, 0.15) is 78.4 Å². The van der Waals surface area contributed by atoms with Gasteiger partial charge in [0.1, 0.15) is 42.3 Å². The molecule has 0 saturated heterocycles. The molecular formula is C47H57N11O7. The van der Waals surface area contributed by atoms with Crippen molar-refractivity contribution in [1.29, 1.82) is 0 Å². The minimum Gasteiger partial charge on any atom is -0.507 e. The largest absolute Gasteiger partial charge is 0.507 e. The number of likely N-dealkylation sites (N-methyl/N-ethyl adjacent to an activating group) is 1. The lowest BCUT2D eigenvalue weighted by Crippen LogP contribution is -2.55. The van der Waals surface area contributed by atoms with Gasteiger partial charge in [-0.05, 0) is 103 Å². The molecule has 1 aliphatic heterocycles. The number of phenols is 1. The molecule has 4 aromatic carbocycles. The first-order valence-corrected chi connectivity index (χ1v) is 21.8. The Kier molecular flexibility index (Phi) is 16.3. The van der Waals surface area contributed by atoms with E-state index in [2.05, 4.69) is 73.1 Å². The summed E-state index contributed by atoms with van der Waals surface area (Å²) in [6.07, 6.45) is 3.78. The minimum absolute atomic E-state index is 0.0106. The number of nitrogens with two attached hydrogens (primary N) is 2. The van der Waals surface area contributed by atoms with Crippen LogP contribution in [0.4, 0.5) is 0 Å². The summed E-state index contributed by atoms with van der Waals surface area (Å²) >= 11 is 0. The summed E-state index contributed by atoms with van der Waals surface area (Å²) in [4.78, 5) is 71.6. The van der Waals surface area contributed by atoms with E-state index in [0.717, 1.165) is 30.4 Å². The number of aromatic amines is 1. The maximum Gasteiger partial charge on any atom is 0.251 e. The smallest absolute Gasteiger partial charge is 0.251 e. The van der Waals surface area contributed by atoms with Gasteiger partial charge in [0.2, 0.25) is 23.6 Å². The monoisotopic (exact) mass is 887 g/mol. The zero-order valence-corrected chi connectivity index (χ0v) is 36.8. The number of hydrogen-bond donors (Lipinski definition) is 8. The first kappa shape index (κ1) is 47.3. The molecule has 342 valence electrons. The molecule has 0 saturated carbocycles. The van der Waals surface area contributed by atoms with E-state index in [4.69, 9.17) is 16.2 Å². The number of aryl methyl sites for hydroxylation is 1. The second kappa shape index (κ2) is 22.4. The maximum atomic E-state index is 14.7. The molecular weight excluding hydrogens is 831 g/mol. The highest BCUT2D eigenvalue weighted by molar-refractivity contribution is 5.99. The van der Waals surface area contributed by atoms with Crippen LogP contribution < -0.4 is 37.5 Å². The van der Waals surface area contributed by atoms with Gasteiger partial charge in [-0.25, -0.2) is 0 Å². The highest BCUT2D eigenvalue weighted by atomic mass is 16.5. The second-order valence-corrected chi connectivity index (χ2v) is 16.0. The molecule has 6 rings (SSSR count). The number of carbonyl (C=O) groups is 5. The van der Waals surface area contributed by atoms with E-state index in [1.165, 1.54) is 30.5 Å². The minimum atomic E-state index is -1.38. The number of fused-ring (bicyclic) bond motifs is 5. The number of nitrogens with one attached hydrogen (secondary N) is 5. The Morgan fingerprint density at radius 3 is 2.32 bits per heavy atom. The van der Waals surface area contributed by atoms with Crippen molar-refractivity contribution >= 4 is 29.5 Å². The summed E-state index contributed by atoms with van der Waals surface area (Å²) in [5.41, 5.74) is 16.8. The normalized spacial score (nSPS) is 16.6. The van der Waals surface area contributed by atoms with Crippen LogP contribution in [0.3, 0.4) is 0 Å². The first-order valence-electron chi connectivity index (χ1n) is 21.8. The molecule has 5 aromatic rings. The van der Waals surface area contributed by atoms with E-state index in [9.17, 15) is 29.1 Å². The molecule has 5 amide bonds. The van der Waals surface area contributed by atoms with Crippen LogP contribution in [-0.4, -0.2) is 105 Å². The van der Waals surface area contributed by atoms with Crippen molar-refractivity contribution in [3.63, 3.8) is 0 Å². The van der Waals surface area contributed by atoms with Crippen LogP contribution in [0.15, 0.2) is 84.9 Å². The number of ether oxygens (including phenoxy) is 1. The summed E-state index contributed by atoms with van der Waals surface area (Å²) in [6, 6.07) is 20.2. The first-order chi connectivity index (χ1) is 31.4. The quantitative estimate of drug-likeness (QED) is 0.0670. The van der Waals surface area contributed by atoms with E-state index < -0.39 is 53.7 Å². The van der Waals surface area contributed by atoms with Gasteiger partial charge in [0, 0.05) is 36.7 Å². The predicted octanol–water partition coefficient (Wildman–Crippen LogP) is 2.82. The summed E-state index contributed by atoms with van der Waals surface area (Å²) in [5.74, 6) is -2.70. The van der Waals surface area contributed by atoms with Crippen molar-refractivity contribution in [1.82, 2.24) is 46.8 Å². The van der Waals surface area contributed by atoms with Gasteiger partial charge in [0.15, 0.2) is 5.82 Å². The van der Waals surface area contributed by atoms with E-state index in [-0.39, 0.29) is 56.2 Å². The fourth-order valence-electron chi connectivity index (χ4n) is 7.60. The van der Waals surface area contributed by atoms with Crippen LogP contribution in [0.25, 0.3) is 22.3 Å². The SMILES string of the molecule is CCCCc1ccc(-c2ccc(C(=O)NC(CCCN)C(=O)N(C)C3C(=O)NC(C)C(=O)NC(C(=O)NCc4nn[nH]n4)Cc4ccc(O)c(c4)-c4cc3ccc4OCCN)cc2)cc1. The average molecular weight is 888 g/mol. The Balaban J connectivity index is 1.32. The summed E-state index contributed by atoms with van der Waals surface area (Å²) in [6.45, 7) is 4.07. The second-order valence-electron chi connectivity index (χ2n) is 16.0. The number of nitrogens with zero attached hydrogens (tertiary/aromatic N) is 4. The molecule has 4 unspecified atom stereocenters. The van der Waals surface area contributed by atoms with Crippen molar-refractivity contribution in [2.24, 2.45) is 11.5 Å². The average Bonchev–Trinajstić information content (AvgIpc) is 3.85. The zero-order valence-electron chi connectivity index (χ0n) is 36.8. The van der Waals surface area contributed by atoms with Crippen molar-refractivity contribution in [3.05, 3.63) is 113 Å². The molecule has 0 aliphatic carbocycles. The van der Waals surface area contributed by atoms with Crippen molar-refractivity contribution in [3.8, 4) is 33.8 Å². The third-order valence-corrected chi connectivity index (χ3v) is 11.2. The van der Waals surface area contributed by atoms with E-state index in [1.807, 2.05) is 12.1 Å². The number of tetrazole rings is 1. The number of phenolic OH excluding ortho intramolecular Hbond substituents is 1. The summed E-state index contributed by atoms with van der Waals surface area (Å²) in [7, 11) is 1.44. The summed E-state index contributed by atoms with van der Waals surface area (Å²) < 4.78 is 6.02. The molecule has 18 heteroatoms. The number of H-pyrrole nitrogens is 1. The predicted molar refractivity (Wildman–Crippen MR) is 243 cm³/mol. The van der Waals surface area contributed by atoms with Crippen LogP contribution in [0.5, 0.6) is 11.5 Å². The molecule has 0 fully saturated rings. The molecule has 1 aliphatic rings. The lowest BCUT2D eigenvalue weighted by atomic mass is 9.93. The Morgan fingerprint density at radius 2 is 1.65 bits per heavy atom. The van der Waals surface area contributed by atoms with Gasteiger partial charge in [-0.2, -0.15) is 5.21 Å². The number of aromatic hydroxyl groups is 1. The van der Waals surface area contributed by atoms with Gasteiger partial charge in [0.25, 0.3) is 5.91 Å². The standard InChI is InChI=1S/C47H57N11O7/c1-4-5-7-29-9-12-31(13-10-29)32-14-16-33(17-15-32)44(61)52-37(8-6-21-48)47(64)58(3)42-34-18-20-40(65-23-22-49)36(26-34)35-24-30(11-19-39(35)59)25-38(53-43(60)28(2)51-46(42)63)45(62)50-27-41-54-56-57-55-41/h9-20,24,26,28,37-38,42,59H,4-8,21-23,25,27,48-49H2,1-3H3,(H,50,62)(H,51,63)(H,52,61)(H,53,60)(H,54,55,56,57). The highest BCUT2D eigenvalue weighted by Crippen LogP contribution is 2.39. The van der Waals surface area contributed by atoms with Gasteiger partial charge in [-0.15, -0.1) is 10.2 Å². The van der Waals surface area contributed by atoms with Crippen LogP contribution in [0, 0.1) is 0 Å². The Bertz CT molecular complexity index is 2430. The molecule has 2 heterocycles. The van der Waals surface area contributed by atoms with Crippen molar-refractivity contribution in [2.45, 2.75) is 83.1 Å². The van der Waals surface area contributed by atoms with E-state index >= 15 is 0 Å². The molecule has 1 aromatic heterocycles. The molecule has 0 radical (unpaired) electrons. The maximum absolute atomic E-state index is 14.7. The lowest BCUT2D eigenvalue weighted by Gasteiger charge is -2.32. The molecule has 0 spiro atoms. The Hall–Kier alpha value is -7.18. The van der Waals surface area contributed by atoms with Gasteiger partial charge >= 0.3 is 0 Å². The molecule has 10 N–H and O–H groups in total. The zero-order chi connectivity index (χ0) is 46.5. The number of benzene rings is 4. The Labute approximate surface area is 377 Å². The van der Waals surface area contributed by atoms with Crippen LogP contribution in [0.2, 0.25) is 0 Å². The molecule has 4 bridgehead atoms. The molecule has 4 atom stereocenters. The van der Waals surface area contributed by atoms with Gasteiger partial charge in [-0.3, -0.25) is 24.0 Å². The summed E-state index contributed by atoms with van der Waals surface area (Å²) in [5, 5.41) is 35.9. The third kappa shape index (κ3) is 12.1. The van der Waals surface area contributed by atoms with Crippen LogP contribution >= 0.6 is 0 Å². The molecule has 65 heavy (non-hydrogen) atoms. The number of hydrogen-bond acceptors (Lipinski definition) is 12.